The number of aryl methyl sites for hydroxylation is 2. The molecule has 1 saturated heterocycles. The number of carbonyl (C=O) groups excluding carboxylic acids is 1. The van der Waals surface area contributed by atoms with E-state index in [-0.39, 0.29) is 18.2 Å². The largest absolute Gasteiger partial charge is 0.573 e. The minimum atomic E-state index is -4.74. The number of ether oxygens (including phenoxy) is 1. The van der Waals surface area contributed by atoms with Crippen molar-refractivity contribution < 1.29 is 22.7 Å². The van der Waals surface area contributed by atoms with Crippen LogP contribution < -0.4 is 15.0 Å². The molecule has 0 radical (unpaired) electrons. The van der Waals surface area contributed by atoms with Gasteiger partial charge in [0.15, 0.2) is 0 Å². The number of nitrogens with one attached hydrogen (secondary N) is 1. The maximum absolute atomic E-state index is 12.4. The molecular formula is C23H24F3N5O2S. The number of hydrogen-bond acceptors (Lipinski definition) is 7. The fourth-order valence-corrected chi connectivity index (χ4v) is 5.80. The van der Waals surface area contributed by atoms with E-state index in [1.165, 1.54) is 52.9 Å². The number of anilines is 2. The van der Waals surface area contributed by atoms with Crippen molar-refractivity contribution in [2.45, 2.75) is 32.0 Å². The van der Waals surface area contributed by atoms with Gasteiger partial charge in [0.2, 0.25) is 5.91 Å². The lowest BCUT2D eigenvalue weighted by Gasteiger charge is -2.35. The number of fused-ring (bicyclic) bond motifs is 3. The van der Waals surface area contributed by atoms with Gasteiger partial charge >= 0.3 is 6.36 Å². The number of rotatable bonds is 5. The van der Waals surface area contributed by atoms with Crippen molar-refractivity contribution in [3.63, 3.8) is 0 Å². The van der Waals surface area contributed by atoms with Gasteiger partial charge in [-0.25, -0.2) is 9.97 Å². The van der Waals surface area contributed by atoms with E-state index in [0.29, 0.717) is 18.8 Å². The summed E-state index contributed by atoms with van der Waals surface area (Å²) in [6.07, 6.45) is 1.54. The fourth-order valence-electron chi connectivity index (χ4n) is 4.57. The molecular weight excluding hydrogens is 467 g/mol. The van der Waals surface area contributed by atoms with Crippen molar-refractivity contribution in [1.29, 1.82) is 0 Å². The first-order valence-electron chi connectivity index (χ1n) is 11.2. The molecule has 0 unspecified atom stereocenters. The van der Waals surface area contributed by atoms with Crippen molar-refractivity contribution in [2.24, 2.45) is 0 Å². The zero-order valence-electron chi connectivity index (χ0n) is 18.4. The molecule has 0 spiro atoms. The van der Waals surface area contributed by atoms with Crippen LogP contribution in [0.2, 0.25) is 0 Å². The van der Waals surface area contributed by atoms with E-state index in [1.807, 2.05) is 0 Å². The Balaban J connectivity index is 1.17. The topological polar surface area (TPSA) is 70.6 Å². The molecule has 0 atom stereocenters. The molecule has 3 heterocycles. The molecule has 1 fully saturated rings. The summed E-state index contributed by atoms with van der Waals surface area (Å²) >= 11 is 1.79. The van der Waals surface area contributed by atoms with E-state index >= 15 is 0 Å². The maximum Gasteiger partial charge on any atom is 0.573 e. The van der Waals surface area contributed by atoms with E-state index in [1.54, 1.807) is 17.7 Å². The number of nitrogens with zero attached hydrogens (tertiary/aromatic N) is 4. The average Bonchev–Trinajstić information content (AvgIpc) is 3.19. The zero-order chi connectivity index (χ0) is 23.7. The van der Waals surface area contributed by atoms with Crippen molar-refractivity contribution in [3.05, 3.63) is 41.0 Å². The van der Waals surface area contributed by atoms with Crippen LogP contribution in [-0.4, -0.2) is 59.9 Å². The minimum Gasteiger partial charge on any atom is -0.406 e. The number of benzene rings is 1. The minimum absolute atomic E-state index is 0.210. The number of alkyl halides is 3. The second kappa shape index (κ2) is 9.38. The van der Waals surface area contributed by atoms with Crippen LogP contribution in [0.5, 0.6) is 5.75 Å². The van der Waals surface area contributed by atoms with Crippen LogP contribution in [0.3, 0.4) is 0 Å². The predicted molar refractivity (Wildman–Crippen MR) is 124 cm³/mol. The second-order valence-corrected chi connectivity index (χ2v) is 9.56. The molecule has 5 rings (SSSR count). The number of hydrogen-bond donors (Lipinski definition) is 1. The molecule has 1 aliphatic carbocycles. The van der Waals surface area contributed by atoms with Crippen LogP contribution in [0.4, 0.5) is 24.7 Å². The number of halogens is 3. The van der Waals surface area contributed by atoms with Gasteiger partial charge in [-0.2, -0.15) is 0 Å². The quantitative estimate of drug-likeness (QED) is 0.576. The van der Waals surface area contributed by atoms with Gasteiger partial charge in [-0.05, 0) is 55.5 Å². The molecule has 3 aromatic rings. The van der Waals surface area contributed by atoms with Gasteiger partial charge < -0.3 is 15.0 Å². The van der Waals surface area contributed by atoms with Crippen molar-refractivity contribution in [2.75, 3.05) is 42.9 Å². The zero-order valence-corrected chi connectivity index (χ0v) is 19.2. The highest BCUT2D eigenvalue weighted by Crippen LogP contribution is 2.39. The van der Waals surface area contributed by atoms with E-state index in [4.69, 9.17) is 0 Å². The van der Waals surface area contributed by atoms with E-state index < -0.39 is 6.36 Å². The number of carbonyl (C=O) groups is 1. The van der Waals surface area contributed by atoms with Crippen LogP contribution in [0.25, 0.3) is 10.2 Å². The first kappa shape index (κ1) is 22.9. The maximum atomic E-state index is 12.4. The Hall–Kier alpha value is -2.92. The van der Waals surface area contributed by atoms with Crippen molar-refractivity contribution in [1.82, 2.24) is 14.9 Å². The lowest BCUT2D eigenvalue weighted by molar-refractivity contribution is -0.274. The normalized spacial score (nSPS) is 17.0. The number of amides is 1. The lowest BCUT2D eigenvalue weighted by Crippen LogP contribution is -2.49. The first-order valence-corrected chi connectivity index (χ1v) is 12.1. The van der Waals surface area contributed by atoms with Gasteiger partial charge in [0, 0.05) is 36.7 Å². The van der Waals surface area contributed by atoms with Crippen LogP contribution >= 0.6 is 11.3 Å². The summed E-state index contributed by atoms with van der Waals surface area (Å²) in [6, 6.07) is 5.12. The molecule has 11 heteroatoms. The Morgan fingerprint density at radius 1 is 1.06 bits per heavy atom. The number of aromatic nitrogens is 2. The summed E-state index contributed by atoms with van der Waals surface area (Å²) in [7, 11) is 0. The van der Waals surface area contributed by atoms with Crippen LogP contribution in [0, 0.1) is 0 Å². The van der Waals surface area contributed by atoms with Crippen LogP contribution in [0.1, 0.15) is 23.3 Å². The summed E-state index contributed by atoms with van der Waals surface area (Å²) in [6.45, 7) is 3.15. The molecule has 180 valence electrons. The van der Waals surface area contributed by atoms with E-state index in [2.05, 4.69) is 29.8 Å². The summed E-state index contributed by atoms with van der Waals surface area (Å²) in [5.74, 6) is 0.455. The summed E-state index contributed by atoms with van der Waals surface area (Å²) < 4.78 is 40.7. The van der Waals surface area contributed by atoms with Crippen LogP contribution in [0.15, 0.2) is 30.6 Å². The second-order valence-electron chi connectivity index (χ2n) is 8.47. The monoisotopic (exact) mass is 491 g/mol. The van der Waals surface area contributed by atoms with Gasteiger partial charge in [0.1, 0.15) is 22.7 Å². The standard InChI is InChI=1S/C23H24F3N5O2S/c24-23(25,26)33-16-7-5-15(6-8-16)29-19(32)13-30-9-11-31(12-10-30)21-20-17-3-1-2-4-18(17)34-22(20)28-14-27-21/h5-8,14H,1-4,9-13H2,(H,29,32). The Bertz CT molecular complexity index is 1170. The SMILES string of the molecule is O=C(CN1CCN(c2ncnc3sc4c(c23)CCCC4)CC1)Nc1ccc(OC(F)(F)F)cc1. The van der Waals surface area contributed by atoms with E-state index in [9.17, 15) is 18.0 Å². The summed E-state index contributed by atoms with van der Waals surface area (Å²) in [4.78, 5) is 28.4. The third-order valence-corrected chi connectivity index (χ3v) is 7.34. The summed E-state index contributed by atoms with van der Waals surface area (Å²) in [5, 5.41) is 3.93. The first-order chi connectivity index (χ1) is 16.4. The van der Waals surface area contributed by atoms with Crippen molar-refractivity contribution >= 4 is 39.0 Å². The molecule has 34 heavy (non-hydrogen) atoms. The summed E-state index contributed by atoms with van der Waals surface area (Å²) in [5.41, 5.74) is 1.83. The number of piperazine rings is 1. The Kier molecular flexibility index (Phi) is 6.30. The third-order valence-electron chi connectivity index (χ3n) is 6.14. The molecule has 7 nitrogen and oxygen atoms in total. The molecule has 1 aliphatic heterocycles. The van der Waals surface area contributed by atoms with Gasteiger partial charge in [-0.15, -0.1) is 24.5 Å². The highest BCUT2D eigenvalue weighted by molar-refractivity contribution is 7.19. The van der Waals surface area contributed by atoms with Gasteiger partial charge in [0.25, 0.3) is 0 Å². The van der Waals surface area contributed by atoms with E-state index in [0.717, 1.165) is 36.6 Å². The molecule has 2 aromatic heterocycles. The van der Waals surface area contributed by atoms with Gasteiger partial charge in [0.05, 0.1) is 11.9 Å². The lowest BCUT2D eigenvalue weighted by atomic mass is 9.97. The Morgan fingerprint density at radius 3 is 2.53 bits per heavy atom. The molecule has 1 aromatic carbocycles. The predicted octanol–water partition coefficient (Wildman–Crippen LogP) is 4.23. The number of thiophene rings is 1. The highest BCUT2D eigenvalue weighted by atomic mass is 32.1. The van der Waals surface area contributed by atoms with Gasteiger partial charge in [-0.1, -0.05) is 0 Å². The Labute approximate surface area is 198 Å². The third kappa shape index (κ3) is 5.10. The molecule has 1 amide bonds. The molecule has 2 aliphatic rings. The van der Waals surface area contributed by atoms with Crippen LogP contribution in [-0.2, 0) is 17.6 Å². The molecule has 1 N–H and O–H groups in total. The average molecular weight is 492 g/mol. The fraction of sp³-hybridized carbons (Fsp3) is 0.435. The highest BCUT2D eigenvalue weighted by Gasteiger charge is 2.31. The molecule has 0 saturated carbocycles. The van der Waals surface area contributed by atoms with Gasteiger partial charge in [-0.3, -0.25) is 9.69 Å². The van der Waals surface area contributed by atoms with Crippen molar-refractivity contribution in [3.8, 4) is 5.75 Å². The Morgan fingerprint density at radius 2 is 1.79 bits per heavy atom. The smallest absolute Gasteiger partial charge is 0.406 e. The molecule has 0 bridgehead atoms.